The maximum Gasteiger partial charge on any atom is 0.254 e. The minimum atomic E-state index is -0.944. The third kappa shape index (κ3) is 3.31. The molecular formula is C15H13ClF2N2O. The van der Waals surface area contributed by atoms with E-state index in [1.165, 1.54) is 0 Å². The number of carbonyl (C=O) groups excluding carboxylic acids is 1. The SMILES string of the molecule is CC(NC(=O)c1cc(F)cc(N)c1F)c1ccccc1Cl. The van der Waals surface area contributed by atoms with Crippen molar-refractivity contribution in [2.24, 2.45) is 0 Å². The van der Waals surface area contributed by atoms with Crippen LogP contribution in [0.2, 0.25) is 5.02 Å². The van der Waals surface area contributed by atoms with E-state index in [9.17, 15) is 13.6 Å². The lowest BCUT2D eigenvalue weighted by molar-refractivity contribution is 0.0935. The Kier molecular flexibility index (Phi) is 4.43. The Hall–Kier alpha value is -2.14. The summed E-state index contributed by atoms with van der Waals surface area (Å²) in [5, 5.41) is 3.04. The quantitative estimate of drug-likeness (QED) is 0.849. The molecule has 110 valence electrons. The molecule has 2 rings (SSSR count). The fourth-order valence-corrected chi connectivity index (χ4v) is 2.25. The molecule has 21 heavy (non-hydrogen) atoms. The molecule has 0 fully saturated rings. The summed E-state index contributed by atoms with van der Waals surface area (Å²) < 4.78 is 27.0. The van der Waals surface area contributed by atoms with Gasteiger partial charge in [-0.2, -0.15) is 0 Å². The molecule has 0 saturated carbocycles. The van der Waals surface area contributed by atoms with Crippen LogP contribution >= 0.6 is 11.6 Å². The second kappa shape index (κ2) is 6.10. The molecular weight excluding hydrogens is 298 g/mol. The van der Waals surface area contributed by atoms with Crippen LogP contribution in [0.25, 0.3) is 0 Å². The lowest BCUT2D eigenvalue weighted by atomic mass is 10.1. The molecule has 3 N–H and O–H groups in total. The van der Waals surface area contributed by atoms with Crippen molar-refractivity contribution in [1.82, 2.24) is 5.32 Å². The number of hydrogen-bond acceptors (Lipinski definition) is 2. The lowest BCUT2D eigenvalue weighted by Gasteiger charge is -2.16. The number of carbonyl (C=O) groups is 1. The van der Waals surface area contributed by atoms with Crippen LogP contribution in [0.1, 0.15) is 28.9 Å². The molecule has 0 heterocycles. The Balaban J connectivity index is 2.25. The molecule has 0 radical (unpaired) electrons. The molecule has 0 aliphatic rings. The van der Waals surface area contributed by atoms with E-state index >= 15 is 0 Å². The largest absolute Gasteiger partial charge is 0.396 e. The summed E-state index contributed by atoms with van der Waals surface area (Å²) in [4.78, 5) is 12.0. The van der Waals surface area contributed by atoms with Crippen LogP contribution in [0.3, 0.4) is 0 Å². The van der Waals surface area contributed by atoms with Gasteiger partial charge in [0, 0.05) is 5.02 Å². The molecule has 0 aromatic heterocycles. The molecule has 0 spiro atoms. The molecule has 6 heteroatoms. The van der Waals surface area contributed by atoms with Crippen molar-refractivity contribution in [2.75, 3.05) is 5.73 Å². The molecule has 0 saturated heterocycles. The summed E-state index contributed by atoms with van der Waals surface area (Å²) in [5.41, 5.74) is 5.14. The van der Waals surface area contributed by atoms with Crippen molar-refractivity contribution in [2.45, 2.75) is 13.0 Å². The van der Waals surface area contributed by atoms with Gasteiger partial charge in [0.05, 0.1) is 17.3 Å². The van der Waals surface area contributed by atoms with Crippen LogP contribution < -0.4 is 11.1 Å². The van der Waals surface area contributed by atoms with Crippen LogP contribution in [0.5, 0.6) is 0 Å². The van der Waals surface area contributed by atoms with E-state index in [4.69, 9.17) is 17.3 Å². The summed E-state index contributed by atoms with van der Waals surface area (Å²) in [7, 11) is 0. The normalized spacial score (nSPS) is 12.0. The van der Waals surface area contributed by atoms with Crippen molar-refractivity contribution in [3.05, 3.63) is 64.2 Å². The van der Waals surface area contributed by atoms with E-state index in [-0.39, 0.29) is 0 Å². The molecule has 2 aromatic carbocycles. The van der Waals surface area contributed by atoms with Gasteiger partial charge in [-0.15, -0.1) is 0 Å². The minimum absolute atomic E-state index is 0.412. The maximum atomic E-state index is 13.8. The second-order valence-electron chi connectivity index (χ2n) is 4.57. The molecule has 3 nitrogen and oxygen atoms in total. The average Bonchev–Trinajstić information content (AvgIpc) is 2.43. The Morgan fingerprint density at radius 3 is 2.62 bits per heavy atom. The van der Waals surface area contributed by atoms with Crippen molar-refractivity contribution in [3.63, 3.8) is 0 Å². The number of anilines is 1. The smallest absolute Gasteiger partial charge is 0.254 e. The first kappa shape index (κ1) is 15.3. The molecule has 0 aliphatic heterocycles. The number of nitrogen functional groups attached to an aromatic ring is 1. The fraction of sp³-hybridized carbons (Fsp3) is 0.133. The Morgan fingerprint density at radius 2 is 1.95 bits per heavy atom. The van der Waals surface area contributed by atoms with E-state index in [0.29, 0.717) is 10.6 Å². The van der Waals surface area contributed by atoms with Crippen molar-refractivity contribution >= 4 is 23.2 Å². The fourth-order valence-electron chi connectivity index (χ4n) is 1.95. The maximum absolute atomic E-state index is 13.8. The lowest BCUT2D eigenvalue weighted by Crippen LogP contribution is -2.28. The van der Waals surface area contributed by atoms with Gasteiger partial charge in [0.2, 0.25) is 0 Å². The van der Waals surface area contributed by atoms with E-state index < -0.39 is 34.8 Å². The number of amides is 1. The molecule has 1 amide bonds. The van der Waals surface area contributed by atoms with Crippen LogP contribution in [-0.2, 0) is 0 Å². The van der Waals surface area contributed by atoms with Gasteiger partial charge in [-0.1, -0.05) is 29.8 Å². The third-order valence-electron chi connectivity index (χ3n) is 3.03. The summed E-state index contributed by atoms with van der Waals surface area (Å²) in [5.74, 6) is -2.48. The van der Waals surface area contributed by atoms with Gasteiger partial charge < -0.3 is 11.1 Å². The number of benzene rings is 2. The van der Waals surface area contributed by atoms with Gasteiger partial charge in [0.1, 0.15) is 5.82 Å². The van der Waals surface area contributed by atoms with Gasteiger partial charge in [-0.25, -0.2) is 8.78 Å². The highest BCUT2D eigenvalue weighted by atomic mass is 35.5. The predicted octanol–water partition coefficient (Wildman–Crippen LogP) is 3.69. The van der Waals surface area contributed by atoms with E-state index in [2.05, 4.69) is 5.32 Å². The highest BCUT2D eigenvalue weighted by Gasteiger charge is 2.19. The van der Waals surface area contributed by atoms with Gasteiger partial charge in [0.15, 0.2) is 5.82 Å². The van der Waals surface area contributed by atoms with Crippen molar-refractivity contribution in [3.8, 4) is 0 Å². The summed E-state index contributed by atoms with van der Waals surface area (Å²) >= 11 is 6.02. The summed E-state index contributed by atoms with van der Waals surface area (Å²) in [6.45, 7) is 1.69. The number of nitrogens with two attached hydrogens (primary N) is 1. The Morgan fingerprint density at radius 1 is 1.29 bits per heavy atom. The zero-order valence-electron chi connectivity index (χ0n) is 11.2. The Bertz CT molecular complexity index is 691. The number of halogens is 3. The number of nitrogens with one attached hydrogen (secondary N) is 1. The van der Waals surface area contributed by atoms with Crippen LogP contribution in [0, 0.1) is 11.6 Å². The first-order valence-electron chi connectivity index (χ1n) is 6.20. The third-order valence-corrected chi connectivity index (χ3v) is 3.37. The minimum Gasteiger partial charge on any atom is -0.396 e. The predicted molar refractivity (Wildman–Crippen MR) is 78.1 cm³/mol. The monoisotopic (exact) mass is 310 g/mol. The number of rotatable bonds is 3. The molecule has 1 atom stereocenters. The molecule has 1 unspecified atom stereocenters. The zero-order valence-corrected chi connectivity index (χ0v) is 11.9. The van der Waals surface area contributed by atoms with E-state index in [1.54, 1.807) is 31.2 Å². The first-order chi connectivity index (χ1) is 9.90. The Labute approximate surface area is 125 Å². The van der Waals surface area contributed by atoms with Crippen molar-refractivity contribution in [1.29, 1.82) is 0 Å². The van der Waals surface area contributed by atoms with Gasteiger partial charge >= 0.3 is 0 Å². The van der Waals surface area contributed by atoms with Crippen LogP contribution in [0.4, 0.5) is 14.5 Å². The van der Waals surface area contributed by atoms with Crippen LogP contribution in [-0.4, -0.2) is 5.91 Å². The van der Waals surface area contributed by atoms with Crippen LogP contribution in [0.15, 0.2) is 36.4 Å². The summed E-state index contributed by atoms with van der Waals surface area (Å²) in [6.07, 6.45) is 0. The molecule has 2 aromatic rings. The highest BCUT2D eigenvalue weighted by Crippen LogP contribution is 2.23. The zero-order chi connectivity index (χ0) is 15.6. The topological polar surface area (TPSA) is 55.1 Å². The van der Waals surface area contributed by atoms with Gasteiger partial charge in [-0.05, 0) is 30.7 Å². The van der Waals surface area contributed by atoms with E-state index in [0.717, 1.165) is 12.1 Å². The molecule has 0 bridgehead atoms. The van der Waals surface area contributed by atoms with Gasteiger partial charge in [-0.3, -0.25) is 4.79 Å². The highest BCUT2D eigenvalue weighted by molar-refractivity contribution is 6.31. The summed E-state index contributed by atoms with van der Waals surface area (Å²) in [6, 6.07) is 8.11. The average molecular weight is 311 g/mol. The van der Waals surface area contributed by atoms with Gasteiger partial charge in [0.25, 0.3) is 5.91 Å². The van der Waals surface area contributed by atoms with Crippen molar-refractivity contribution < 1.29 is 13.6 Å². The number of hydrogen-bond donors (Lipinski definition) is 2. The standard InChI is InChI=1S/C15H13ClF2N2O/c1-8(10-4-2-3-5-12(10)16)20-15(21)11-6-9(17)7-13(19)14(11)18/h2-8H,19H2,1H3,(H,20,21). The second-order valence-corrected chi connectivity index (χ2v) is 4.98. The first-order valence-corrected chi connectivity index (χ1v) is 6.57. The molecule has 0 aliphatic carbocycles. The van der Waals surface area contributed by atoms with E-state index in [1.807, 2.05) is 0 Å².